The third-order valence-electron chi connectivity index (χ3n) is 8.22. The maximum Gasteiger partial charge on any atom is 0.165 e. The molecule has 242 valence electrons. The standard InChI is InChI=1S/C40H34F3N2O.Pt/c1-39(2,3)28-15-26(16-29(21-28)40(4,5)6)27-19-34(45-36(20-27)37-32(42)13-14-33(43)38(37)46)24-11-12-31(41)30(17-24)35-18-23-9-7-8-10-25(23)22-44-35;/h7-16,18-22,46H,1-6H3;/q-1;. The van der Waals surface area contributed by atoms with Crippen LogP contribution in [0, 0.1) is 23.5 Å². The van der Waals surface area contributed by atoms with Crippen LogP contribution in [0.15, 0.2) is 91.1 Å². The molecule has 0 spiro atoms. The van der Waals surface area contributed by atoms with Gasteiger partial charge >= 0.3 is 0 Å². The number of aromatic hydroxyl groups is 1. The Morgan fingerprint density at radius 2 is 1.19 bits per heavy atom. The largest absolute Gasteiger partial charge is 0.504 e. The van der Waals surface area contributed by atoms with Crippen LogP contribution in [-0.4, -0.2) is 15.1 Å². The Kier molecular flexibility index (Phi) is 9.22. The van der Waals surface area contributed by atoms with Crippen molar-refractivity contribution in [3.8, 4) is 50.6 Å². The van der Waals surface area contributed by atoms with Crippen LogP contribution in [0.5, 0.6) is 5.75 Å². The zero-order chi connectivity index (χ0) is 33.0. The van der Waals surface area contributed by atoms with E-state index in [0.717, 1.165) is 39.6 Å². The van der Waals surface area contributed by atoms with E-state index < -0.39 is 23.2 Å². The zero-order valence-electron chi connectivity index (χ0n) is 27.0. The van der Waals surface area contributed by atoms with E-state index in [1.165, 1.54) is 6.07 Å². The first-order valence-corrected chi connectivity index (χ1v) is 15.1. The molecule has 4 aromatic carbocycles. The Labute approximate surface area is 287 Å². The number of nitrogens with zero attached hydrogens (tertiary/aromatic N) is 2. The van der Waals surface area contributed by atoms with Crippen molar-refractivity contribution in [1.29, 1.82) is 0 Å². The van der Waals surface area contributed by atoms with E-state index in [0.29, 0.717) is 22.5 Å². The molecule has 47 heavy (non-hydrogen) atoms. The first-order valence-electron chi connectivity index (χ1n) is 15.1. The number of benzene rings is 4. The topological polar surface area (TPSA) is 46.0 Å². The smallest absolute Gasteiger partial charge is 0.165 e. The van der Waals surface area contributed by atoms with Gasteiger partial charge in [0.25, 0.3) is 0 Å². The van der Waals surface area contributed by atoms with Crippen molar-refractivity contribution < 1.29 is 39.3 Å². The normalized spacial score (nSPS) is 11.9. The molecule has 0 aliphatic carbocycles. The van der Waals surface area contributed by atoms with Crippen LogP contribution in [0.2, 0.25) is 0 Å². The number of phenols is 1. The molecule has 6 aromatic rings. The summed E-state index contributed by atoms with van der Waals surface area (Å²) in [6.45, 7) is 12.8. The molecular weight excluding hydrogens is 777 g/mol. The van der Waals surface area contributed by atoms with E-state index in [4.69, 9.17) is 0 Å². The van der Waals surface area contributed by atoms with Gasteiger partial charge in [0.2, 0.25) is 0 Å². The molecule has 0 saturated carbocycles. The van der Waals surface area contributed by atoms with E-state index >= 15 is 8.78 Å². The number of rotatable bonds is 4. The van der Waals surface area contributed by atoms with E-state index in [1.807, 2.05) is 30.3 Å². The molecule has 2 aromatic heterocycles. The Bertz CT molecular complexity index is 2100. The van der Waals surface area contributed by atoms with Crippen molar-refractivity contribution >= 4 is 10.8 Å². The molecule has 0 bridgehead atoms. The fourth-order valence-corrected chi connectivity index (χ4v) is 5.44. The van der Waals surface area contributed by atoms with Crippen molar-refractivity contribution in [3.63, 3.8) is 0 Å². The molecule has 0 aliphatic heterocycles. The Hall–Kier alpha value is -4.28. The van der Waals surface area contributed by atoms with Crippen molar-refractivity contribution in [2.45, 2.75) is 52.4 Å². The second-order valence-corrected chi connectivity index (χ2v) is 13.7. The molecule has 0 amide bonds. The SMILES string of the molecule is CC(C)(C)c1cc(-c2cc(-c3[c-]c(-c4cc5ccccc5cn4)c(F)cc3)nc(-c3c(F)ccc(F)c3O)c2)cc(C(C)(C)C)c1.[Pt]. The van der Waals surface area contributed by atoms with Crippen molar-refractivity contribution in [2.75, 3.05) is 0 Å². The average Bonchev–Trinajstić information content (AvgIpc) is 3.02. The first-order chi connectivity index (χ1) is 21.7. The van der Waals surface area contributed by atoms with Gasteiger partial charge in [-0.15, -0.1) is 12.1 Å². The number of aromatic nitrogens is 2. The number of pyridine rings is 2. The molecule has 6 rings (SSSR count). The fourth-order valence-electron chi connectivity index (χ4n) is 5.44. The minimum Gasteiger partial charge on any atom is -0.504 e. The molecule has 0 atom stereocenters. The van der Waals surface area contributed by atoms with Gasteiger partial charge in [0.15, 0.2) is 11.6 Å². The summed E-state index contributed by atoms with van der Waals surface area (Å²) in [5.41, 5.74) is 4.37. The van der Waals surface area contributed by atoms with Crippen LogP contribution < -0.4 is 0 Å². The van der Waals surface area contributed by atoms with Crippen LogP contribution in [0.25, 0.3) is 55.7 Å². The summed E-state index contributed by atoms with van der Waals surface area (Å²) in [7, 11) is 0. The second kappa shape index (κ2) is 12.7. The summed E-state index contributed by atoms with van der Waals surface area (Å²) in [6.07, 6.45) is 1.69. The predicted octanol–water partition coefficient (Wildman–Crippen LogP) is 10.8. The summed E-state index contributed by atoms with van der Waals surface area (Å²) in [6, 6.07) is 27.2. The van der Waals surface area contributed by atoms with Gasteiger partial charge in [0.05, 0.1) is 17.1 Å². The Morgan fingerprint density at radius 3 is 1.85 bits per heavy atom. The Balaban J connectivity index is 0.00000433. The summed E-state index contributed by atoms with van der Waals surface area (Å²) in [5.74, 6) is -3.13. The van der Waals surface area contributed by atoms with Gasteiger partial charge in [0, 0.05) is 38.6 Å². The van der Waals surface area contributed by atoms with Gasteiger partial charge in [-0.05, 0) is 62.1 Å². The molecule has 0 saturated heterocycles. The number of hydrogen-bond acceptors (Lipinski definition) is 3. The van der Waals surface area contributed by atoms with Crippen molar-refractivity contribution in [2.24, 2.45) is 0 Å². The van der Waals surface area contributed by atoms with Crippen LogP contribution in [0.1, 0.15) is 52.7 Å². The summed E-state index contributed by atoms with van der Waals surface area (Å²) in [5, 5.41) is 12.5. The summed E-state index contributed by atoms with van der Waals surface area (Å²) >= 11 is 0. The average molecular weight is 811 g/mol. The molecule has 0 unspecified atom stereocenters. The molecule has 0 fully saturated rings. The van der Waals surface area contributed by atoms with Crippen LogP contribution in [-0.2, 0) is 31.9 Å². The van der Waals surface area contributed by atoms with Crippen LogP contribution >= 0.6 is 0 Å². The summed E-state index contributed by atoms with van der Waals surface area (Å²) in [4.78, 5) is 9.16. The summed E-state index contributed by atoms with van der Waals surface area (Å²) < 4.78 is 45.1. The third kappa shape index (κ3) is 6.89. The number of hydrogen-bond donors (Lipinski definition) is 1. The Morgan fingerprint density at radius 1 is 0.617 bits per heavy atom. The van der Waals surface area contributed by atoms with E-state index in [9.17, 15) is 9.50 Å². The quantitative estimate of drug-likeness (QED) is 0.180. The van der Waals surface area contributed by atoms with Gasteiger partial charge in [-0.3, -0.25) is 14.4 Å². The first kappa shape index (κ1) is 34.1. The predicted molar refractivity (Wildman–Crippen MR) is 179 cm³/mol. The van der Waals surface area contributed by atoms with E-state index in [1.54, 1.807) is 24.4 Å². The fraction of sp³-hybridized carbons (Fsp3) is 0.200. The minimum absolute atomic E-state index is 0. The number of phenolic OH excluding ortho intramolecular Hbond substituents is 1. The minimum atomic E-state index is -0.965. The number of fused-ring (bicyclic) bond motifs is 1. The molecule has 1 N–H and O–H groups in total. The van der Waals surface area contributed by atoms with Gasteiger partial charge in [-0.1, -0.05) is 113 Å². The zero-order valence-corrected chi connectivity index (χ0v) is 29.2. The van der Waals surface area contributed by atoms with Gasteiger partial charge in [0.1, 0.15) is 5.82 Å². The molecule has 0 radical (unpaired) electrons. The third-order valence-corrected chi connectivity index (χ3v) is 8.22. The van der Waals surface area contributed by atoms with Gasteiger partial charge in [-0.25, -0.2) is 8.78 Å². The van der Waals surface area contributed by atoms with E-state index in [-0.39, 0.29) is 48.7 Å². The monoisotopic (exact) mass is 810 g/mol. The van der Waals surface area contributed by atoms with Crippen molar-refractivity contribution in [1.82, 2.24) is 9.97 Å². The molecular formula is C40H34F3N2OPt-. The van der Waals surface area contributed by atoms with Gasteiger partial charge < -0.3 is 5.11 Å². The molecule has 2 heterocycles. The van der Waals surface area contributed by atoms with Crippen molar-refractivity contribution in [3.05, 3.63) is 126 Å². The van der Waals surface area contributed by atoms with Gasteiger partial charge in [-0.2, -0.15) is 0 Å². The van der Waals surface area contributed by atoms with Crippen LogP contribution in [0.4, 0.5) is 13.2 Å². The maximum atomic E-state index is 15.3. The second-order valence-electron chi connectivity index (χ2n) is 13.7. The molecule has 7 heteroatoms. The molecule has 3 nitrogen and oxygen atoms in total. The van der Waals surface area contributed by atoms with Crippen LogP contribution in [0.3, 0.4) is 0 Å². The maximum absolute atomic E-state index is 15.3. The number of halogens is 3. The van der Waals surface area contributed by atoms with E-state index in [2.05, 4.69) is 75.8 Å². The molecule has 0 aliphatic rings.